The molecule has 1 aliphatic carbocycles. The van der Waals surface area contributed by atoms with Gasteiger partial charge in [0.15, 0.2) is 5.78 Å². The number of ketones is 2. The first-order valence-electron chi connectivity index (χ1n) is 11.5. The van der Waals surface area contributed by atoms with Crippen LogP contribution in [0.4, 0.5) is 4.39 Å². The number of carbonyl (C=O) groups is 3. The summed E-state index contributed by atoms with van der Waals surface area (Å²) in [6.07, 6.45) is 2.82. The topological polar surface area (TPSA) is 76.1 Å². The van der Waals surface area contributed by atoms with Crippen molar-refractivity contribution in [3.05, 3.63) is 89.0 Å². The first-order chi connectivity index (χ1) is 16.4. The van der Waals surface area contributed by atoms with Crippen molar-refractivity contribution in [3.8, 4) is 11.1 Å². The number of rotatable bonds is 7. The molecule has 6 heteroatoms. The van der Waals surface area contributed by atoms with Crippen molar-refractivity contribution in [3.63, 3.8) is 0 Å². The van der Waals surface area contributed by atoms with Crippen LogP contribution in [-0.2, 0) is 16.0 Å². The molecule has 174 valence electrons. The second-order valence-corrected chi connectivity index (χ2v) is 8.69. The summed E-state index contributed by atoms with van der Waals surface area (Å²) >= 11 is 0. The lowest BCUT2D eigenvalue weighted by molar-refractivity contribution is -0.124. The maximum atomic E-state index is 13.3. The highest BCUT2D eigenvalue weighted by molar-refractivity contribution is 6.15. The van der Waals surface area contributed by atoms with Crippen LogP contribution in [0.15, 0.2) is 60.8 Å². The fourth-order valence-electron chi connectivity index (χ4n) is 4.74. The Morgan fingerprint density at radius 1 is 1.09 bits per heavy atom. The van der Waals surface area contributed by atoms with Crippen LogP contribution >= 0.6 is 0 Å². The van der Waals surface area contributed by atoms with Crippen LogP contribution in [0.2, 0.25) is 0 Å². The van der Waals surface area contributed by atoms with Gasteiger partial charge in [-0.15, -0.1) is 0 Å². The van der Waals surface area contributed by atoms with Crippen molar-refractivity contribution in [1.29, 1.82) is 0 Å². The SMILES string of the molecule is CCc1cc(-c2ccc(F)cc2)cc(C)c1C1C(=O)CC(CCNC(=O)c2ccccn2)C1=O. The fraction of sp³-hybridized carbons (Fsp3) is 0.286. The minimum atomic E-state index is -0.770. The summed E-state index contributed by atoms with van der Waals surface area (Å²) in [5.41, 5.74) is 4.77. The van der Waals surface area contributed by atoms with Gasteiger partial charge in [-0.25, -0.2) is 4.39 Å². The fourth-order valence-corrected chi connectivity index (χ4v) is 4.74. The van der Waals surface area contributed by atoms with E-state index < -0.39 is 11.8 Å². The van der Waals surface area contributed by atoms with E-state index in [1.165, 1.54) is 12.1 Å². The van der Waals surface area contributed by atoms with Gasteiger partial charge in [-0.05, 0) is 71.8 Å². The number of hydrogen-bond donors (Lipinski definition) is 1. The van der Waals surface area contributed by atoms with Crippen LogP contribution in [-0.4, -0.2) is 29.0 Å². The molecule has 2 atom stereocenters. The summed E-state index contributed by atoms with van der Waals surface area (Å²) in [6.45, 7) is 4.22. The number of aromatic nitrogens is 1. The number of amides is 1. The summed E-state index contributed by atoms with van der Waals surface area (Å²) in [6, 6.07) is 15.4. The minimum Gasteiger partial charge on any atom is -0.351 e. The van der Waals surface area contributed by atoms with Crippen molar-refractivity contribution in [2.45, 2.75) is 39.0 Å². The molecular weight excluding hydrogens is 431 g/mol. The Balaban J connectivity index is 1.50. The summed E-state index contributed by atoms with van der Waals surface area (Å²) < 4.78 is 13.3. The minimum absolute atomic E-state index is 0.0709. The van der Waals surface area contributed by atoms with Gasteiger partial charge in [0, 0.05) is 25.1 Å². The van der Waals surface area contributed by atoms with Crippen LogP contribution in [0.3, 0.4) is 0 Å². The predicted molar refractivity (Wildman–Crippen MR) is 128 cm³/mol. The number of nitrogens with zero attached hydrogens (tertiary/aromatic N) is 1. The molecule has 1 saturated carbocycles. The first-order valence-corrected chi connectivity index (χ1v) is 11.5. The summed E-state index contributed by atoms with van der Waals surface area (Å²) in [5.74, 6) is -1.93. The Hall–Kier alpha value is -3.67. The number of halogens is 1. The van der Waals surface area contributed by atoms with E-state index in [-0.39, 0.29) is 29.7 Å². The summed E-state index contributed by atoms with van der Waals surface area (Å²) in [4.78, 5) is 42.5. The first kappa shape index (κ1) is 23.5. The highest BCUT2D eigenvalue weighted by Crippen LogP contribution is 2.39. The third-order valence-corrected chi connectivity index (χ3v) is 6.45. The average molecular weight is 459 g/mol. The Kier molecular flexibility index (Phi) is 6.96. The molecule has 5 nitrogen and oxygen atoms in total. The second kappa shape index (κ2) is 10.1. The van der Waals surface area contributed by atoms with Gasteiger partial charge >= 0.3 is 0 Å². The molecule has 34 heavy (non-hydrogen) atoms. The third-order valence-electron chi connectivity index (χ3n) is 6.45. The van der Waals surface area contributed by atoms with Gasteiger partial charge in [-0.3, -0.25) is 19.4 Å². The maximum absolute atomic E-state index is 13.3. The number of benzene rings is 2. The van der Waals surface area contributed by atoms with Gasteiger partial charge in [0.25, 0.3) is 5.91 Å². The molecule has 0 bridgehead atoms. The molecule has 1 fully saturated rings. The van der Waals surface area contributed by atoms with Crippen LogP contribution in [0, 0.1) is 18.7 Å². The molecule has 1 aromatic heterocycles. The summed E-state index contributed by atoms with van der Waals surface area (Å²) in [5, 5.41) is 2.79. The zero-order chi connectivity index (χ0) is 24.2. The molecule has 3 aromatic rings. The van der Waals surface area contributed by atoms with E-state index >= 15 is 0 Å². The van der Waals surface area contributed by atoms with Gasteiger partial charge in [0.05, 0.1) is 0 Å². The van der Waals surface area contributed by atoms with E-state index in [4.69, 9.17) is 0 Å². The second-order valence-electron chi connectivity index (χ2n) is 8.69. The molecule has 1 aliphatic rings. The molecule has 0 spiro atoms. The Morgan fingerprint density at radius 3 is 2.53 bits per heavy atom. The van der Waals surface area contributed by atoms with Crippen molar-refractivity contribution in [1.82, 2.24) is 10.3 Å². The molecule has 1 heterocycles. The molecule has 0 radical (unpaired) electrons. The highest BCUT2D eigenvalue weighted by atomic mass is 19.1. The molecular formula is C28H27FN2O3. The maximum Gasteiger partial charge on any atom is 0.269 e. The quantitative estimate of drug-likeness (QED) is 0.515. The van der Waals surface area contributed by atoms with Crippen molar-refractivity contribution >= 4 is 17.5 Å². The lowest BCUT2D eigenvalue weighted by Gasteiger charge is -2.19. The molecule has 2 unspecified atom stereocenters. The largest absolute Gasteiger partial charge is 0.351 e. The lowest BCUT2D eigenvalue weighted by atomic mass is 9.84. The number of nitrogens with one attached hydrogen (secondary N) is 1. The average Bonchev–Trinajstić information content (AvgIpc) is 3.12. The number of hydrogen-bond acceptors (Lipinski definition) is 4. The van der Waals surface area contributed by atoms with Gasteiger partial charge in [-0.2, -0.15) is 0 Å². The lowest BCUT2D eigenvalue weighted by Crippen LogP contribution is -2.27. The Morgan fingerprint density at radius 2 is 1.85 bits per heavy atom. The highest BCUT2D eigenvalue weighted by Gasteiger charge is 2.43. The van der Waals surface area contributed by atoms with Crippen LogP contribution in [0.25, 0.3) is 11.1 Å². The molecule has 0 saturated heterocycles. The molecule has 0 aliphatic heterocycles. The Bertz CT molecular complexity index is 1220. The molecule has 1 N–H and O–H groups in total. The smallest absolute Gasteiger partial charge is 0.269 e. The van der Waals surface area contributed by atoms with E-state index in [0.717, 1.165) is 27.8 Å². The van der Waals surface area contributed by atoms with Gasteiger partial charge in [-0.1, -0.05) is 37.3 Å². The number of pyridine rings is 1. The molecule has 2 aromatic carbocycles. The van der Waals surface area contributed by atoms with Gasteiger partial charge in [0.1, 0.15) is 23.2 Å². The monoisotopic (exact) mass is 458 g/mol. The van der Waals surface area contributed by atoms with Gasteiger partial charge in [0.2, 0.25) is 0 Å². The van der Waals surface area contributed by atoms with Crippen molar-refractivity contribution in [2.75, 3.05) is 6.54 Å². The summed E-state index contributed by atoms with van der Waals surface area (Å²) in [7, 11) is 0. The van der Waals surface area contributed by atoms with Crippen LogP contribution in [0.5, 0.6) is 0 Å². The van der Waals surface area contributed by atoms with Crippen molar-refractivity contribution < 1.29 is 18.8 Å². The predicted octanol–water partition coefficient (Wildman–Crippen LogP) is 4.82. The van der Waals surface area contributed by atoms with Crippen molar-refractivity contribution in [2.24, 2.45) is 5.92 Å². The van der Waals surface area contributed by atoms with Crippen LogP contribution < -0.4 is 5.32 Å². The van der Waals surface area contributed by atoms with Gasteiger partial charge < -0.3 is 5.32 Å². The van der Waals surface area contributed by atoms with Crippen LogP contribution in [0.1, 0.15) is 52.9 Å². The van der Waals surface area contributed by atoms with E-state index in [2.05, 4.69) is 10.3 Å². The number of Topliss-reactive ketones (excluding diaryl/α,β-unsaturated/α-hetero) is 2. The standard InChI is InChI=1S/C28H27FN2O3/c1-3-18-15-21(19-7-9-22(29)10-8-19)14-17(2)25(18)26-24(32)16-20(27(26)33)11-13-31-28(34)23-6-4-5-12-30-23/h4-10,12,14-15,20,26H,3,11,13,16H2,1-2H3,(H,31,34). The van der Waals surface area contributed by atoms with E-state index in [9.17, 15) is 18.8 Å². The molecule has 1 amide bonds. The zero-order valence-corrected chi connectivity index (χ0v) is 19.3. The van der Waals surface area contributed by atoms with E-state index in [0.29, 0.717) is 25.1 Å². The number of carbonyl (C=O) groups excluding carboxylic acids is 3. The van der Waals surface area contributed by atoms with E-state index in [1.54, 1.807) is 36.5 Å². The zero-order valence-electron chi connectivity index (χ0n) is 19.3. The van der Waals surface area contributed by atoms with E-state index in [1.807, 2.05) is 26.0 Å². The Labute approximate surface area is 198 Å². The molecule has 4 rings (SSSR count). The normalized spacial score (nSPS) is 17.7. The third kappa shape index (κ3) is 4.81. The number of aryl methyl sites for hydroxylation is 2.